The maximum absolute atomic E-state index is 12.0. The van der Waals surface area contributed by atoms with Crippen molar-refractivity contribution in [3.8, 4) is 11.5 Å². The smallest absolute Gasteiger partial charge is 0.323 e. The van der Waals surface area contributed by atoms with Crippen molar-refractivity contribution in [1.29, 1.82) is 0 Å². The zero-order valence-electron chi connectivity index (χ0n) is 13.1. The summed E-state index contributed by atoms with van der Waals surface area (Å²) < 4.78 is 5.44. The van der Waals surface area contributed by atoms with Crippen molar-refractivity contribution in [3.05, 3.63) is 23.8 Å². The Morgan fingerprint density at radius 1 is 1.18 bits per heavy atom. The first-order chi connectivity index (χ1) is 9.97. The number of benzene rings is 1. The summed E-state index contributed by atoms with van der Waals surface area (Å²) >= 11 is 0. The molecule has 0 aliphatic carbocycles. The molecular formula is C16H26ClNO4. The van der Waals surface area contributed by atoms with Gasteiger partial charge in [-0.15, -0.1) is 12.4 Å². The molecule has 0 aromatic heterocycles. The third kappa shape index (κ3) is 6.54. The highest BCUT2D eigenvalue weighted by molar-refractivity contribution is 5.85. The molecule has 4 N–H and O–H groups in total. The van der Waals surface area contributed by atoms with E-state index in [9.17, 15) is 15.0 Å². The third-order valence-corrected chi connectivity index (χ3v) is 3.30. The molecule has 1 atom stereocenters. The average Bonchev–Trinajstić information content (AvgIpc) is 2.43. The molecule has 1 rings (SSSR count). The van der Waals surface area contributed by atoms with Gasteiger partial charge in [0.1, 0.15) is 12.1 Å². The molecule has 126 valence electrons. The molecule has 0 saturated heterocycles. The Bertz CT molecular complexity index is 461. The van der Waals surface area contributed by atoms with Gasteiger partial charge in [0.2, 0.25) is 0 Å². The summed E-state index contributed by atoms with van der Waals surface area (Å²) in [6.45, 7) is 4.10. The largest absolute Gasteiger partial charge is 0.504 e. The van der Waals surface area contributed by atoms with E-state index in [4.69, 9.17) is 10.5 Å². The first kappa shape index (κ1) is 20.5. The van der Waals surface area contributed by atoms with E-state index in [0.29, 0.717) is 5.56 Å². The number of halogens is 1. The van der Waals surface area contributed by atoms with Gasteiger partial charge >= 0.3 is 5.97 Å². The lowest BCUT2D eigenvalue weighted by atomic mass is 10.1. The van der Waals surface area contributed by atoms with Crippen LogP contribution in [0.3, 0.4) is 0 Å². The number of nitrogens with two attached hydrogens (primary N) is 1. The van der Waals surface area contributed by atoms with Crippen molar-refractivity contribution in [2.24, 2.45) is 5.73 Å². The Kier molecular flexibility index (Phi) is 9.61. The van der Waals surface area contributed by atoms with Gasteiger partial charge in [0.25, 0.3) is 0 Å². The predicted octanol–water partition coefficient (Wildman–Crippen LogP) is 2.90. The normalized spacial score (nSPS) is 11.8. The minimum atomic E-state index is -0.773. The Morgan fingerprint density at radius 2 is 1.77 bits per heavy atom. The zero-order valence-corrected chi connectivity index (χ0v) is 13.9. The van der Waals surface area contributed by atoms with Crippen LogP contribution in [0.4, 0.5) is 0 Å². The summed E-state index contributed by atoms with van der Waals surface area (Å²) in [4.78, 5) is 12.0. The Balaban J connectivity index is 0.00000441. The number of ether oxygens (including phenoxy) is 1. The average molecular weight is 332 g/mol. The van der Waals surface area contributed by atoms with Crippen molar-refractivity contribution >= 4 is 18.4 Å². The van der Waals surface area contributed by atoms with Crippen LogP contribution in [0.15, 0.2) is 18.2 Å². The van der Waals surface area contributed by atoms with Crippen LogP contribution in [0.2, 0.25) is 0 Å². The van der Waals surface area contributed by atoms with Gasteiger partial charge in [-0.1, -0.05) is 32.8 Å². The Morgan fingerprint density at radius 3 is 2.27 bits per heavy atom. The van der Waals surface area contributed by atoms with Gasteiger partial charge in [-0.2, -0.15) is 0 Å². The number of hydrogen-bond acceptors (Lipinski definition) is 5. The van der Waals surface area contributed by atoms with E-state index in [2.05, 4.69) is 13.8 Å². The molecule has 6 heteroatoms. The van der Waals surface area contributed by atoms with E-state index < -0.39 is 12.0 Å². The minimum Gasteiger partial charge on any atom is -0.504 e. The zero-order chi connectivity index (χ0) is 15.8. The number of aromatic hydroxyl groups is 2. The van der Waals surface area contributed by atoms with Crippen LogP contribution in [-0.4, -0.2) is 28.3 Å². The minimum absolute atomic E-state index is 0. The summed E-state index contributed by atoms with van der Waals surface area (Å²) in [6, 6.07) is 3.63. The van der Waals surface area contributed by atoms with Gasteiger partial charge in [0.15, 0.2) is 11.5 Å². The number of carbonyl (C=O) groups excluding carboxylic acids is 1. The van der Waals surface area contributed by atoms with Crippen molar-refractivity contribution in [2.45, 2.75) is 58.1 Å². The number of phenols is 2. The molecule has 0 saturated carbocycles. The van der Waals surface area contributed by atoms with Gasteiger partial charge in [0.05, 0.1) is 0 Å². The van der Waals surface area contributed by atoms with Gasteiger partial charge < -0.3 is 20.7 Å². The second kappa shape index (κ2) is 10.3. The maximum Gasteiger partial charge on any atom is 0.323 e. The summed E-state index contributed by atoms with van der Waals surface area (Å²) in [5.74, 6) is -0.835. The second-order valence-corrected chi connectivity index (χ2v) is 5.27. The fraction of sp³-hybridized carbons (Fsp3) is 0.562. The molecule has 0 spiro atoms. The van der Waals surface area contributed by atoms with Gasteiger partial charge in [-0.25, -0.2) is 0 Å². The fourth-order valence-corrected chi connectivity index (χ4v) is 2.19. The van der Waals surface area contributed by atoms with Crippen LogP contribution in [-0.2, 0) is 16.0 Å². The predicted molar refractivity (Wildman–Crippen MR) is 88.4 cm³/mol. The molecule has 0 aliphatic heterocycles. The monoisotopic (exact) mass is 331 g/mol. The van der Waals surface area contributed by atoms with E-state index in [1.807, 2.05) is 0 Å². The van der Waals surface area contributed by atoms with Gasteiger partial charge in [0, 0.05) is 0 Å². The molecule has 0 radical (unpaired) electrons. The third-order valence-electron chi connectivity index (χ3n) is 3.30. The lowest BCUT2D eigenvalue weighted by molar-refractivity contribution is -0.151. The van der Waals surface area contributed by atoms with Crippen molar-refractivity contribution < 1.29 is 19.7 Å². The van der Waals surface area contributed by atoms with E-state index in [1.54, 1.807) is 6.07 Å². The first-order valence-electron chi connectivity index (χ1n) is 7.44. The number of esters is 1. The summed E-state index contributed by atoms with van der Waals surface area (Å²) in [5, 5.41) is 18.7. The standard InChI is InChI=1S/C16H25NO4.ClH/c1-3-5-12(6-4-2)21-16(20)13(17)9-11-7-8-14(18)15(19)10-11;/h7-8,10,12-13,18-19H,3-6,9,17H2,1-2H3;1H/t13-;/m0./s1. The Hall–Kier alpha value is -1.46. The quantitative estimate of drug-likeness (QED) is 0.503. The van der Waals surface area contributed by atoms with Crippen molar-refractivity contribution in [1.82, 2.24) is 0 Å². The van der Waals surface area contributed by atoms with Crippen LogP contribution in [0.5, 0.6) is 11.5 Å². The van der Waals surface area contributed by atoms with Crippen LogP contribution in [0.1, 0.15) is 45.1 Å². The maximum atomic E-state index is 12.0. The molecule has 0 bridgehead atoms. The summed E-state index contributed by atoms with van der Waals surface area (Å²) in [6.07, 6.45) is 3.78. The highest BCUT2D eigenvalue weighted by Gasteiger charge is 2.20. The highest BCUT2D eigenvalue weighted by atomic mass is 35.5. The highest BCUT2D eigenvalue weighted by Crippen LogP contribution is 2.25. The van der Waals surface area contributed by atoms with E-state index in [-0.39, 0.29) is 36.4 Å². The summed E-state index contributed by atoms with van der Waals surface area (Å²) in [5.41, 5.74) is 6.54. The van der Waals surface area contributed by atoms with Gasteiger partial charge in [-0.3, -0.25) is 4.79 Å². The van der Waals surface area contributed by atoms with Gasteiger partial charge in [-0.05, 0) is 37.0 Å². The molecule has 0 heterocycles. The van der Waals surface area contributed by atoms with E-state index in [0.717, 1.165) is 25.7 Å². The summed E-state index contributed by atoms with van der Waals surface area (Å²) in [7, 11) is 0. The molecule has 5 nitrogen and oxygen atoms in total. The number of hydrogen-bond donors (Lipinski definition) is 3. The molecule has 1 aromatic carbocycles. The Labute approximate surface area is 137 Å². The van der Waals surface area contributed by atoms with Crippen LogP contribution in [0, 0.1) is 0 Å². The SMILES string of the molecule is CCCC(CCC)OC(=O)[C@@H](N)Cc1ccc(O)c(O)c1.Cl. The lowest BCUT2D eigenvalue weighted by Crippen LogP contribution is -2.36. The second-order valence-electron chi connectivity index (χ2n) is 5.27. The van der Waals surface area contributed by atoms with Crippen molar-refractivity contribution in [3.63, 3.8) is 0 Å². The molecule has 0 unspecified atom stereocenters. The first-order valence-corrected chi connectivity index (χ1v) is 7.44. The van der Waals surface area contributed by atoms with Crippen LogP contribution in [0.25, 0.3) is 0 Å². The molecule has 22 heavy (non-hydrogen) atoms. The number of phenolic OH excluding ortho intramolecular Hbond substituents is 2. The number of carbonyl (C=O) groups is 1. The number of rotatable bonds is 8. The molecular weight excluding hydrogens is 306 g/mol. The topological polar surface area (TPSA) is 92.8 Å². The van der Waals surface area contributed by atoms with Crippen LogP contribution >= 0.6 is 12.4 Å². The van der Waals surface area contributed by atoms with E-state index in [1.165, 1.54) is 12.1 Å². The molecule has 0 aliphatic rings. The van der Waals surface area contributed by atoms with Crippen molar-refractivity contribution in [2.75, 3.05) is 0 Å². The molecule has 1 aromatic rings. The lowest BCUT2D eigenvalue weighted by Gasteiger charge is -2.19. The molecule has 0 amide bonds. The van der Waals surface area contributed by atoms with Crippen LogP contribution < -0.4 is 5.73 Å². The van der Waals surface area contributed by atoms with E-state index >= 15 is 0 Å². The molecule has 0 fully saturated rings. The fourth-order valence-electron chi connectivity index (χ4n) is 2.19.